The Morgan fingerprint density at radius 1 is 1.47 bits per heavy atom. The second-order valence-corrected chi connectivity index (χ2v) is 6.15. The molecule has 0 aliphatic carbocycles. The van der Waals surface area contributed by atoms with Gasteiger partial charge in [0.2, 0.25) is 5.91 Å². The van der Waals surface area contributed by atoms with Crippen LogP contribution in [0.5, 0.6) is 0 Å². The highest BCUT2D eigenvalue weighted by Gasteiger charge is 2.34. The summed E-state index contributed by atoms with van der Waals surface area (Å²) in [6, 6.07) is 0. The number of carbonyl (C=O) groups is 2. The molecule has 1 saturated heterocycles. The van der Waals surface area contributed by atoms with E-state index in [2.05, 4.69) is 0 Å². The molecule has 2 atom stereocenters. The van der Waals surface area contributed by atoms with E-state index in [1.54, 1.807) is 16.7 Å². The Morgan fingerprint density at radius 2 is 2.12 bits per heavy atom. The maximum atomic E-state index is 12.3. The topological polar surface area (TPSA) is 57.6 Å². The summed E-state index contributed by atoms with van der Waals surface area (Å²) in [5, 5.41) is 8.89. The molecule has 5 heteroatoms. The number of amides is 1. The molecule has 0 spiro atoms. The molecule has 1 N–H and O–H groups in total. The minimum Gasteiger partial charge on any atom is -0.481 e. The van der Waals surface area contributed by atoms with Crippen molar-refractivity contribution in [3.05, 3.63) is 0 Å². The molecule has 0 saturated carbocycles. The normalized spacial score (nSPS) is 21.9. The second-order valence-electron chi connectivity index (χ2n) is 4.73. The van der Waals surface area contributed by atoms with Crippen molar-refractivity contribution in [2.75, 3.05) is 18.8 Å². The summed E-state index contributed by atoms with van der Waals surface area (Å²) in [6.07, 6.45) is 0.586. The van der Waals surface area contributed by atoms with Gasteiger partial charge in [-0.15, -0.1) is 11.8 Å². The van der Waals surface area contributed by atoms with Crippen LogP contribution in [-0.2, 0) is 9.59 Å². The smallest absolute Gasteiger partial charge is 0.308 e. The standard InChI is InChI=1S/C12H21NO3S/c1-4-17-10(8(2)3)11(14)13-6-5-9(7-13)12(15)16/h8-10H,4-7H2,1-3H3,(H,15,16). The highest BCUT2D eigenvalue weighted by molar-refractivity contribution is 8.00. The summed E-state index contributed by atoms with van der Waals surface area (Å²) in [6.45, 7) is 7.08. The van der Waals surface area contributed by atoms with E-state index >= 15 is 0 Å². The van der Waals surface area contributed by atoms with Crippen LogP contribution >= 0.6 is 11.8 Å². The third kappa shape index (κ3) is 3.63. The van der Waals surface area contributed by atoms with Crippen LogP contribution in [0.1, 0.15) is 27.2 Å². The van der Waals surface area contributed by atoms with E-state index in [1.165, 1.54) is 0 Å². The van der Waals surface area contributed by atoms with Gasteiger partial charge in [0.1, 0.15) is 0 Å². The average molecular weight is 259 g/mol. The number of thioether (sulfide) groups is 1. The molecule has 17 heavy (non-hydrogen) atoms. The fourth-order valence-corrected chi connectivity index (χ4v) is 3.11. The summed E-state index contributed by atoms with van der Waals surface area (Å²) in [4.78, 5) is 24.8. The van der Waals surface area contributed by atoms with Crippen LogP contribution < -0.4 is 0 Å². The number of nitrogens with zero attached hydrogens (tertiary/aromatic N) is 1. The average Bonchev–Trinajstić information content (AvgIpc) is 2.73. The van der Waals surface area contributed by atoms with Gasteiger partial charge in [-0.05, 0) is 18.1 Å². The summed E-state index contributed by atoms with van der Waals surface area (Å²) < 4.78 is 0. The number of carboxylic acid groups (broad SMARTS) is 1. The van der Waals surface area contributed by atoms with Crippen molar-refractivity contribution in [2.45, 2.75) is 32.4 Å². The van der Waals surface area contributed by atoms with Gasteiger partial charge in [0.25, 0.3) is 0 Å². The molecule has 0 aromatic heterocycles. The van der Waals surface area contributed by atoms with Crippen LogP contribution in [-0.4, -0.2) is 46.0 Å². The van der Waals surface area contributed by atoms with E-state index in [0.29, 0.717) is 19.5 Å². The van der Waals surface area contributed by atoms with Crippen LogP contribution in [0.15, 0.2) is 0 Å². The Kier molecular flexibility index (Phi) is 5.31. The number of aliphatic carboxylic acids is 1. The maximum absolute atomic E-state index is 12.3. The lowest BCUT2D eigenvalue weighted by Crippen LogP contribution is -2.39. The van der Waals surface area contributed by atoms with Crippen LogP contribution in [0, 0.1) is 11.8 Å². The van der Waals surface area contributed by atoms with Crippen LogP contribution in [0.3, 0.4) is 0 Å². The molecular formula is C12H21NO3S. The van der Waals surface area contributed by atoms with Gasteiger partial charge in [-0.2, -0.15) is 0 Å². The van der Waals surface area contributed by atoms with Gasteiger partial charge in [0.05, 0.1) is 11.2 Å². The molecule has 1 aliphatic rings. The minimum atomic E-state index is -0.787. The molecule has 1 aliphatic heterocycles. The first-order valence-electron chi connectivity index (χ1n) is 6.10. The minimum absolute atomic E-state index is 0.0347. The number of carboxylic acids is 1. The molecule has 1 fully saturated rings. The zero-order valence-corrected chi connectivity index (χ0v) is 11.5. The summed E-state index contributed by atoms with van der Waals surface area (Å²) in [5.74, 6) is 0.139. The van der Waals surface area contributed by atoms with E-state index in [-0.39, 0.29) is 23.0 Å². The van der Waals surface area contributed by atoms with Gasteiger partial charge in [0.15, 0.2) is 0 Å². The van der Waals surface area contributed by atoms with Gasteiger partial charge in [-0.3, -0.25) is 9.59 Å². The van der Waals surface area contributed by atoms with Crippen molar-refractivity contribution in [3.8, 4) is 0 Å². The highest BCUT2D eigenvalue weighted by Crippen LogP contribution is 2.25. The van der Waals surface area contributed by atoms with E-state index in [9.17, 15) is 9.59 Å². The Balaban J connectivity index is 2.60. The number of rotatable bonds is 5. The molecule has 4 nitrogen and oxygen atoms in total. The third-order valence-corrected chi connectivity index (χ3v) is 4.48. The summed E-state index contributed by atoms with van der Waals surface area (Å²) in [7, 11) is 0. The van der Waals surface area contributed by atoms with Crippen molar-refractivity contribution >= 4 is 23.6 Å². The molecule has 0 aromatic rings. The van der Waals surface area contributed by atoms with Crippen LogP contribution in [0.2, 0.25) is 0 Å². The lowest BCUT2D eigenvalue weighted by molar-refractivity contribution is -0.141. The molecule has 0 bridgehead atoms. The number of carbonyl (C=O) groups excluding carboxylic acids is 1. The SMILES string of the molecule is CCSC(C(=O)N1CCC(C(=O)O)C1)C(C)C. The van der Waals surface area contributed by atoms with Gasteiger partial charge in [0, 0.05) is 13.1 Å². The lowest BCUT2D eigenvalue weighted by Gasteiger charge is -2.25. The first-order chi connectivity index (χ1) is 7.97. The van der Waals surface area contributed by atoms with Crippen molar-refractivity contribution < 1.29 is 14.7 Å². The van der Waals surface area contributed by atoms with E-state index < -0.39 is 5.97 Å². The molecule has 1 heterocycles. The molecule has 2 unspecified atom stereocenters. The Bertz CT molecular complexity index is 293. The summed E-state index contributed by atoms with van der Waals surface area (Å²) >= 11 is 1.65. The number of likely N-dealkylation sites (tertiary alicyclic amines) is 1. The molecule has 98 valence electrons. The monoisotopic (exact) mass is 259 g/mol. The van der Waals surface area contributed by atoms with Gasteiger partial charge < -0.3 is 10.0 Å². The highest BCUT2D eigenvalue weighted by atomic mass is 32.2. The quantitative estimate of drug-likeness (QED) is 0.816. The predicted octanol–water partition coefficient (Wildman–Crippen LogP) is 1.70. The Hall–Kier alpha value is -0.710. The summed E-state index contributed by atoms with van der Waals surface area (Å²) in [5.41, 5.74) is 0. The van der Waals surface area contributed by atoms with E-state index in [0.717, 1.165) is 5.75 Å². The Labute approximate surface area is 107 Å². The van der Waals surface area contributed by atoms with Crippen molar-refractivity contribution in [1.29, 1.82) is 0 Å². The number of hydrogen-bond donors (Lipinski definition) is 1. The molecule has 0 radical (unpaired) electrons. The number of hydrogen-bond acceptors (Lipinski definition) is 3. The fraction of sp³-hybridized carbons (Fsp3) is 0.833. The Morgan fingerprint density at radius 3 is 2.53 bits per heavy atom. The first-order valence-corrected chi connectivity index (χ1v) is 7.15. The van der Waals surface area contributed by atoms with Crippen molar-refractivity contribution in [3.63, 3.8) is 0 Å². The zero-order chi connectivity index (χ0) is 13.0. The van der Waals surface area contributed by atoms with Gasteiger partial charge >= 0.3 is 5.97 Å². The third-order valence-electron chi connectivity index (χ3n) is 3.04. The molecular weight excluding hydrogens is 238 g/mol. The van der Waals surface area contributed by atoms with Gasteiger partial charge in [-0.1, -0.05) is 20.8 Å². The van der Waals surface area contributed by atoms with Crippen molar-refractivity contribution in [1.82, 2.24) is 4.90 Å². The first kappa shape index (κ1) is 14.4. The van der Waals surface area contributed by atoms with Gasteiger partial charge in [-0.25, -0.2) is 0 Å². The molecule has 1 rings (SSSR count). The van der Waals surface area contributed by atoms with Crippen LogP contribution in [0.25, 0.3) is 0 Å². The predicted molar refractivity (Wildman–Crippen MR) is 69.1 cm³/mol. The maximum Gasteiger partial charge on any atom is 0.308 e. The van der Waals surface area contributed by atoms with E-state index in [1.807, 2.05) is 20.8 Å². The van der Waals surface area contributed by atoms with Crippen LogP contribution in [0.4, 0.5) is 0 Å². The fourth-order valence-electron chi connectivity index (χ4n) is 2.07. The second kappa shape index (κ2) is 6.28. The van der Waals surface area contributed by atoms with Crippen molar-refractivity contribution in [2.24, 2.45) is 11.8 Å². The van der Waals surface area contributed by atoms with E-state index in [4.69, 9.17) is 5.11 Å². The lowest BCUT2D eigenvalue weighted by atomic mass is 10.1. The largest absolute Gasteiger partial charge is 0.481 e. The zero-order valence-electron chi connectivity index (χ0n) is 10.7. The molecule has 0 aromatic carbocycles. The molecule has 1 amide bonds.